The van der Waals surface area contributed by atoms with E-state index in [1.54, 1.807) is 30.3 Å². The fourth-order valence-electron chi connectivity index (χ4n) is 2.82. The lowest BCUT2D eigenvalue weighted by molar-refractivity contribution is -0.141. The predicted molar refractivity (Wildman–Crippen MR) is 118 cm³/mol. The van der Waals surface area contributed by atoms with Gasteiger partial charge in [0.15, 0.2) is 0 Å². The highest BCUT2D eigenvalue weighted by Crippen LogP contribution is 2.06. The average Bonchev–Trinajstić information content (AvgIpc) is 2.75. The summed E-state index contributed by atoms with van der Waals surface area (Å²) in [5, 5.41) is 24.9. The SMILES string of the molecule is CC(NC(=O)C(Cc1ccccc1)NC(=O)C(CCC(N)=O)NC(=O)C(N)CC(=O)O)C(=O)O. The lowest BCUT2D eigenvalue weighted by Crippen LogP contribution is -2.57. The van der Waals surface area contributed by atoms with Crippen LogP contribution in [0.5, 0.6) is 0 Å². The Balaban J connectivity index is 3.07. The number of hydrogen-bond donors (Lipinski definition) is 7. The molecule has 13 heteroatoms. The summed E-state index contributed by atoms with van der Waals surface area (Å²) in [6.45, 7) is 1.25. The van der Waals surface area contributed by atoms with Crippen molar-refractivity contribution in [2.24, 2.45) is 11.5 Å². The number of carboxylic acid groups (broad SMARTS) is 2. The van der Waals surface area contributed by atoms with E-state index < -0.39 is 66.2 Å². The van der Waals surface area contributed by atoms with Gasteiger partial charge >= 0.3 is 11.9 Å². The Morgan fingerprint density at radius 1 is 0.882 bits per heavy atom. The first kappa shape index (κ1) is 28.0. The fourth-order valence-corrected chi connectivity index (χ4v) is 2.82. The number of primary amides is 1. The van der Waals surface area contributed by atoms with Gasteiger partial charge in [0.25, 0.3) is 0 Å². The molecule has 0 heterocycles. The van der Waals surface area contributed by atoms with E-state index in [1.165, 1.54) is 6.92 Å². The molecule has 34 heavy (non-hydrogen) atoms. The van der Waals surface area contributed by atoms with E-state index in [2.05, 4.69) is 16.0 Å². The van der Waals surface area contributed by atoms with E-state index >= 15 is 0 Å². The summed E-state index contributed by atoms with van der Waals surface area (Å²) in [5.41, 5.74) is 11.3. The number of amides is 4. The standard InChI is InChI=1S/C21H29N5O8/c1-11(21(33)34)24-20(32)15(9-12-5-3-2-4-6-12)26-19(31)14(7-8-16(23)27)25-18(30)13(22)10-17(28)29/h2-6,11,13-15H,7-10,22H2,1H3,(H2,23,27)(H,24,32)(H,25,30)(H,26,31)(H,28,29)(H,33,34). The summed E-state index contributed by atoms with van der Waals surface area (Å²) >= 11 is 0. The third-order valence-electron chi connectivity index (χ3n) is 4.69. The fraction of sp³-hybridized carbons (Fsp3) is 0.429. The van der Waals surface area contributed by atoms with E-state index in [1.807, 2.05) is 0 Å². The van der Waals surface area contributed by atoms with Gasteiger partial charge in [0.2, 0.25) is 23.6 Å². The maximum atomic E-state index is 12.9. The second kappa shape index (κ2) is 13.5. The zero-order valence-corrected chi connectivity index (χ0v) is 18.5. The van der Waals surface area contributed by atoms with Crippen molar-refractivity contribution in [3.63, 3.8) is 0 Å². The molecule has 0 aliphatic heterocycles. The Labute approximate surface area is 195 Å². The van der Waals surface area contributed by atoms with Crippen molar-refractivity contribution in [2.45, 2.75) is 56.8 Å². The molecule has 0 saturated carbocycles. The van der Waals surface area contributed by atoms with Gasteiger partial charge in [0.1, 0.15) is 18.1 Å². The largest absolute Gasteiger partial charge is 0.481 e. The Bertz CT molecular complexity index is 908. The zero-order chi connectivity index (χ0) is 25.8. The Morgan fingerprint density at radius 2 is 1.44 bits per heavy atom. The molecule has 0 aromatic heterocycles. The van der Waals surface area contributed by atoms with Crippen molar-refractivity contribution in [3.05, 3.63) is 35.9 Å². The van der Waals surface area contributed by atoms with Gasteiger partial charge in [-0.25, -0.2) is 0 Å². The zero-order valence-electron chi connectivity index (χ0n) is 18.5. The molecule has 0 saturated heterocycles. The van der Waals surface area contributed by atoms with Gasteiger partial charge in [-0.2, -0.15) is 0 Å². The van der Waals surface area contributed by atoms with Crippen molar-refractivity contribution in [1.82, 2.24) is 16.0 Å². The second-order valence-corrected chi connectivity index (χ2v) is 7.59. The number of aliphatic carboxylic acids is 2. The van der Waals surface area contributed by atoms with E-state index in [-0.39, 0.29) is 19.3 Å². The van der Waals surface area contributed by atoms with E-state index in [4.69, 9.17) is 21.7 Å². The van der Waals surface area contributed by atoms with Crippen LogP contribution in [0.4, 0.5) is 0 Å². The van der Waals surface area contributed by atoms with E-state index in [0.29, 0.717) is 5.56 Å². The first-order valence-corrected chi connectivity index (χ1v) is 10.3. The number of nitrogens with one attached hydrogen (secondary N) is 3. The Hall–Kier alpha value is -4.00. The summed E-state index contributed by atoms with van der Waals surface area (Å²) in [4.78, 5) is 71.0. The second-order valence-electron chi connectivity index (χ2n) is 7.59. The molecular weight excluding hydrogens is 450 g/mol. The number of rotatable bonds is 14. The molecule has 9 N–H and O–H groups in total. The van der Waals surface area contributed by atoms with Crippen molar-refractivity contribution < 1.29 is 39.0 Å². The molecule has 4 unspecified atom stereocenters. The molecule has 1 rings (SSSR count). The molecule has 186 valence electrons. The lowest BCUT2D eigenvalue weighted by Gasteiger charge is -2.24. The monoisotopic (exact) mass is 479 g/mol. The summed E-state index contributed by atoms with van der Waals surface area (Å²) in [5.74, 6) is -5.96. The van der Waals surface area contributed by atoms with Gasteiger partial charge in [-0.15, -0.1) is 0 Å². The topological polar surface area (TPSA) is 231 Å². The minimum atomic E-state index is -1.46. The van der Waals surface area contributed by atoms with Gasteiger partial charge in [0.05, 0.1) is 12.5 Å². The molecular formula is C21H29N5O8. The molecule has 0 spiro atoms. The number of hydrogen-bond acceptors (Lipinski definition) is 7. The first-order valence-electron chi connectivity index (χ1n) is 10.3. The number of carboxylic acids is 2. The van der Waals surface area contributed by atoms with Crippen molar-refractivity contribution in [3.8, 4) is 0 Å². The minimum absolute atomic E-state index is 0.000232. The van der Waals surface area contributed by atoms with Crippen LogP contribution < -0.4 is 27.4 Å². The van der Waals surface area contributed by atoms with Crippen molar-refractivity contribution >= 4 is 35.6 Å². The summed E-state index contributed by atoms with van der Waals surface area (Å²) in [7, 11) is 0. The highest BCUT2D eigenvalue weighted by molar-refractivity contribution is 5.95. The average molecular weight is 479 g/mol. The molecule has 0 radical (unpaired) electrons. The summed E-state index contributed by atoms with van der Waals surface area (Å²) in [6, 6.07) is 3.30. The van der Waals surface area contributed by atoms with Crippen LogP contribution in [0.3, 0.4) is 0 Å². The number of nitrogens with two attached hydrogens (primary N) is 2. The highest BCUT2D eigenvalue weighted by atomic mass is 16.4. The molecule has 13 nitrogen and oxygen atoms in total. The molecule has 0 fully saturated rings. The summed E-state index contributed by atoms with van der Waals surface area (Å²) < 4.78 is 0. The third kappa shape index (κ3) is 10.1. The van der Waals surface area contributed by atoms with Crippen LogP contribution in [0.2, 0.25) is 0 Å². The van der Waals surface area contributed by atoms with Crippen LogP contribution in [0, 0.1) is 0 Å². The van der Waals surface area contributed by atoms with Gasteiger partial charge in [-0.1, -0.05) is 30.3 Å². The number of carbonyl (C=O) groups is 6. The van der Waals surface area contributed by atoms with Crippen LogP contribution in [0.25, 0.3) is 0 Å². The van der Waals surface area contributed by atoms with Crippen LogP contribution in [0.1, 0.15) is 31.7 Å². The quantitative estimate of drug-likeness (QED) is 0.154. The lowest BCUT2D eigenvalue weighted by atomic mass is 10.0. The van der Waals surface area contributed by atoms with Gasteiger partial charge in [-0.3, -0.25) is 28.8 Å². The molecule has 1 aromatic rings. The summed E-state index contributed by atoms with van der Waals surface area (Å²) in [6.07, 6.45) is -1.22. The van der Waals surface area contributed by atoms with Crippen LogP contribution in [-0.2, 0) is 35.2 Å². The van der Waals surface area contributed by atoms with Crippen molar-refractivity contribution in [2.75, 3.05) is 0 Å². The molecule has 1 aromatic carbocycles. The molecule has 0 aliphatic carbocycles. The van der Waals surface area contributed by atoms with Gasteiger partial charge in [0, 0.05) is 12.8 Å². The smallest absolute Gasteiger partial charge is 0.325 e. The van der Waals surface area contributed by atoms with Crippen LogP contribution >= 0.6 is 0 Å². The number of benzene rings is 1. The van der Waals surface area contributed by atoms with E-state index in [0.717, 1.165) is 0 Å². The molecule has 4 atom stereocenters. The van der Waals surface area contributed by atoms with Crippen LogP contribution in [-0.4, -0.2) is 69.9 Å². The Kier molecular flexibility index (Phi) is 11.2. The molecule has 0 bridgehead atoms. The predicted octanol–water partition coefficient (Wildman–Crippen LogP) is -2.14. The van der Waals surface area contributed by atoms with Crippen LogP contribution in [0.15, 0.2) is 30.3 Å². The maximum absolute atomic E-state index is 12.9. The minimum Gasteiger partial charge on any atom is -0.481 e. The van der Waals surface area contributed by atoms with Crippen molar-refractivity contribution in [1.29, 1.82) is 0 Å². The Morgan fingerprint density at radius 3 is 1.97 bits per heavy atom. The van der Waals surface area contributed by atoms with E-state index in [9.17, 15) is 28.8 Å². The van der Waals surface area contributed by atoms with Gasteiger partial charge in [-0.05, 0) is 18.9 Å². The molecule has 4 amide bonds. The third-order valence-corrected chi connectivity index (χ3v) is 4.69. The molecule has 0 aliphatic rings. The normalized spacial score (nSPS) is 14.1. The van der Waals surface area contributed by atoms with Gasteiger partial charge < -0.3 is 37.6 Å². The number of carbonyl (C=O) groups excluding carboxylic acids is 4. The first-order chi connectivity index (χ1) is 15.9. The maximum Gasteiger partial charge on any atom is 0.325 e. The highest BCUT2D eigenvalue weighted by Gasteiger charge is 2.30.